The summed E-state index contributed by atoms with van der Waals surface area (Å²) < 4.78 is 40.2. The largest absolute Gasteiger partial charge is 0.416 e. The highest BCUT2D eigenvalue weighted by Gasteiger charge is 2.33. The normalized spacial score (nSPS) is 12.7. The van der Waals surface area contributed by atoms with E-state index >= 15 is 0 Å². The van der Waals surface area contributed by atoms with Gasteiger partial charge in [-0.3, -0.25) is 14.4 Å². The highest BCUT2D eigenvalue weighted by Crippen LogP contribution is 2.34. The molecule has 7 nitrogen and oxygen atoms in total. The standard InChI is InChI=1S/C23H24ClF3N4O3S/c1-13(28)17-7-14(8-20(35-12-32)22(34)31(2)11-21(29)33)3-6-19(17)30-10-15-4-5-16(24)9-18(15)23(25,26)27/h3-9,12-13,30H,10-11,28H2,1-2H3,(H2,29,33)/b20-8-. The second-order valence-electron chi connectivity index (χ2n) is 7.64. The number of likely N-dealkylation sites (N-methyl/N-ethyl adjacent to an activating group) is 1. The van der Waals surface area contributed by atoms with Gasteiger partial charge < -0.3 is 21.7 Å². The Kier molecular flexibility index (Phi) is 9.75. The van der Waals surface area contributed by atoms with Crippen molar-refractivity contribution in [3.05, 3.63) is 68.6 Å². The van der Waals surface area contributed by atoms with Crippen molar-refractivity contribution in [2.24, 2.45) is 11.5 Å². The summed E-state index contributed by atoms with van der Waals surface area (Å²) in [6, 6.07) is 7.95. The Hall–Kier alpha value is -3.02. The molecule has 188 valence electrons. The topological polar surface area (TPSA) is 119 Å². The van der Waals surface area contributed by atoms with Gasteiger partial charge in [0.1, 0.15) is 0 Å². The Morgan fingerprint density at radius 2 is 1.91 bits per heavy atom. The van der Waals surface area contributed by atoms with Crippen molar-refractivity contribution in [1.29, 1.82) is 0 Å². The zero-order chi connectivity index (χ0) is 26.3. The van der Waals surface area contributed by atoms with E-state index in [0.717, 1.165) is 11.0 Å². The zero-order valence-corrected chi connectivity index (χ0v) is 20.4. The SMILES string of the molecule is CC(N)c1cc(/C=C(\SC=O)C(=O)N(C)CC(N)=O)ccc1NCc1ccc(Cl)cc1C(F)(F)F. The number of primary amides is 1. The summed E-state index contributed by atoms with van der Waals surface area (Å²) in [5.41, 5.74) is 12.5. The number of carbonyl (C=O) groups is 3. The van der Waals surface area contributed by atoms with Crippen LogP contribution in [0.3, 0.4) is 0 Å². The molecule has 0 bridgehead atoms. The van der Waals surface area contributed by atoms with Gasteiger partial charge in [0.15, 0.2) is 5.62 Å². The maximum Gasteiger partial charge on any atom is 0.416 e. The number of nitrogens with one attached hydrogen (secondary N) is 1. The molecule has 5 N–H and O–H groups in total. The maximum absolute atomic E-state index is 13.4. The first-order valence-corrected chi connectivity index (χ1v) is 11.4. The summed E-state index contributed by atoms with van der Waals surface area (Å²) in [5, 5.41) is 2.96. The number of hydrogen-bond acceptors (Lipinski definition) is 6. The van der Waals surface area contributed by atoms with E-state index in [1.807, 2.05) is 0 Å². The molecule has 2 rings (SSSR count). The van der Waals surface area contributed by atoms with Crippen LogP contribution in [0.1, 0.15) is 35.2 Å². The lowest BCUT2D eigenvalue weighted by Gasteiger charge is -2.19. The van der Waals surface area contributed by atoms with Gasteiger partial charge in [0.05, 0.1) is 17.0 Å². The van der Waals surface area contributed by atoms with Crippen molar-refractivity contribution in [2.75, 3.05) is 18.9 Å². The van der Waals surface area contributed by atoms with Crippen LogP contribution in [0.5, 0.6) is 0 Å². The summed E-state index contributed by atoms with van der Waals surface area (Å²) in [6.07, 6.45) is -3.11. The molecule has 0 aliphatic rings. The highest BCUT2D eigenvalue weighted by atomic mass is 35.5. The number of halogens is 4. The Morgan fingerprint density at radius 1 is 1.23 bits per heavy atom. The molecule has 0 saturated carbocycles. The van der Waals surface area contributed by atoms with Crippen molar-refractivity contribution < 1.29 is 27.6 Å². The maximum atomic E-state index is 13.4. The fourth-order valence-corrected chi connectivity index (χ4v) is 3.95. The molecule has 2 amide bonds. The van der Waals surface area contributed by atoms with Crippen molar-refractivity contribution in [1.82, 2.24) is 4.90 Å². The smallest absolute Gasteiger partial charge is 0.381 e. The molecule has 0 aromatic heterocycles. The number of thioether (sulfide) groups is 1. The van der Waals surface area contributed by atoms with Crippen LogP contribution in [0.4, 0.5) is 18.9 Å². The minimum Gasteiger partial charge on any atom is -0.381 e. The summed E-state index contributed by atoms with van der Waals surface area (Å²) in [7, 11) is 1.37. The second kappa shape index (κ2) is 12.1. The summed E-state index contributed by atoms with van der Waals surface area (Å²) in [6.45, 7) is 1.24. The number of anilines is 1. The van der Waals surface area contributed by atoms with E-state index in [2.05, 4.69) is 5.32 Å². The number of nitrogens with two attached hydrogens (primary N) is 2. The zero-order valence-electron chi connectivity index (χ0n) is 18.9. The molecule has 2 aromatic carbocycles. The van der Waals surface area contributed by atoms with Gasteiger partial charge in [-0.05, 0) is 65.7 Å². The van der Waals surface area contributed by atoms with Gasteiger partial charge in [0, 0.05) is 30.3 Å². The van der Waals surface area contributed by atoms with Crippen molar-refractivity contribution in [3.63, 3.8) is 0 Å². The summed E-state index contributed by atoms with van der Waals surface area (Å²) in [5.74, 6) is -1.28. The van der Waals surface area contributed by atoms with Gasteiger partial charge >= 0.3 is 6.18 Å². The molecule has 0 spiro atoms. The molecule has 0 saturated heterocycles. The minimum atomic E-state index is -4.57. The third kappa shape index (κ3) is 8.01. The van der Waals surface area contributed by atoms with Gasteiger partial charge in [-0.25, -0.2) is 0 Å². The molecule has 1 atom stereocenters. The van der Waals surface area contributed by atoms with Crippen molar-refractivity contribution in [2.45, 2.75) is 25.7 Å². The first-order valence-electron chi connectivity index (χ1n) is 10.2. The fourth-order valence-electron chi connectivity index (χ4n) is 3.21. The molecular weight excluding hydrogens is 505 g/mol. The second-order valence-corrected chi connectivity index (χ2v) is 8.94. The van der Waals surface area contributed by atoms with E-state index in [4.69, 9.17) is 23.1 Å². The van der Waals surface area contributed by atoms with Gasteiger partial charge in [0.2, 0.25) is 5.91 Å². The molecule has 0 aliphatic heterocycles. The average molecular weight is 529 g/mol. The monoisotopic (exact) mass is 528 g/mol. The van der Waals surface area contributed by atoms with Crippen LogP contribution in [-0.4, -0.2) is 35.9 Å². The third-order valence-electron chi connectivity index (χ3n) is 4.84. The predicted octanol–water partition coefficient (Wildman–Crippen LogP) is 4.20. The third-order valence-corrected chi connectivity index (χ3v) is 5.71. The predicted molar refractivity (Wildman–Crippen MR) is 132 cm³/mol. The molecule has 35 heavy (non-hydrogen) atoms. The number of amides is 2. The minimum absolute atomic E-state index is 0.00857. The van der Waals surface area contributed by atoms with Crippen LogP contribution in [0.2, 0.25) is 5.02 Å². The van der Waals surface area contributed by atoms with Gasteiger partial charge in [-0.15, -0.1) is 0 Å². The molecule has 12 heteroatoms. The van der Waals surface area contributed by atoms with Gasteiger partial charge in [-0.1, -0.05) is 23.7 Å². The van der Waals surface area contributed by atoms with E-state index in [1.54, 1.807) is 25.1 Å². The van der Waals surface area contributed by atoms with Gasteiger partial charge in [-0.2, -0.15) is 13.2 Å². The van der Waals surface area contributed by atoms with Crippen LogP contribution in [0, 0.1) is 0 Å². The molecule has 1 unspecified atom stereocenters. The Morgan fingerprint density at radius 3 is 2.49 bits per heavy atom. The van der Waals surface area contributed by atoms with Crippen LogP contribution in [-0.2, 0) is 27.1 Å². The number of alkyl halides is 3. The van der Waals surface area contributed by atoms with E-state index < -0.39 is 29.6 Å². The number of hydrogen-bond donors (Lipinski definition) is 3. The van der Waals surface area contributed by atoms with E-state index in [0.29, 0.717) is 34.2 Å². The lowest BCUT2D eigenvalue weighted by molar-refractivity contribution is -0.138. The van der Waals surface area contributed by atoms with Crippen LogP contribution >= 0.6 is 23.4 Å². The van der Waals surface area contributed by atoms with Crippen molar-refractivity contribution >= 4 is 52.6 Å². The van der Waals surface area contributed by atoms with E-state index in [1.165, 1.54) is 25.3 Å². The fraction of sp³-hybridized carbons (Fsp3) is 0.261. The lowest BCUT2D eigenvalue weighted by Crippen LogP contribution is -2.35. The van der Waals surface area contributed by atoms with Gasteiger partial charge in [0.25, 0.3) is 5.91 Å². The quantitative estimate of drug-likeness (QED) is 0.314. The van der Waals surface area contributed by atoms with Crippen LogP contribution < -0.4 is 16.8 Å². The molecule has 0 heterocycles. The van der Waals surface area contributed by atoms with E-state index in [9.17, 15) is 27.6 Å². The Labute approximate surface area is 209 Å². The number of benzene rings is 2. The van der Waals surface area contributed by atoms with E-state index in [-0.39, 0.29) is 28.6 Å². The number of nitrogens with zero attached hydrogens (tertiary/aromatic N) is 1. The van der Waals surface area contributed by atoms with Crippen molar-refractivity contribution in [3.8, 4) is 0 Å². The highest BCUT2D eigenvalue weighted by molar-refractivity contribution is 8.16. The first-order chi connectivity index (χ1) is 16.3. The Bertz CT molecular complexity index is 1140. The first kappa shape index (κ1) is 28.2. The molecule has 2 aromatic rings. The summed E-state index contributed by atoms with van der Waals surface area (Å²) in [4.78, 5) is 35.9. The molecule has 0 fully saturated rings. The average Bonchev–Trinajstić information content (AvgIpc) is 2.76. The molecule has 0 radical (unpaired) electrons. The lowest BCUT2D eigenvalue weighted by atomic mass is 10.0. The van der Waals surface area contributed by atoms with Crippen LogP contribution in [0.15, 0.2) is 41.3 Å². The number of rotatable bonds is 10. The summed E-state index contributed by atoms with van der Waals surface area (Å²) >= 11 is 6.38. The van der Waals surface area contributed by atoms with Crippen LogP contribution in [0.25, 0.3) is 6.08 Å². The molecule has 0 aliphatic carbocycles. The Balaban J connectivity index is 2.36. The molecular formula is C23H24ClF3N4O3S. The number of carbonyl (C=O) groups excluding carboxylic acids is 3.